The van der Waals surface area contributed by atoms with Crippen LogP contribution in [0.4, 0.5) is 5.69 Å². The number of hydrogen-bond donors (Lipinski definition) is 2. The molecule has 2 N–H and O–H groups in total. The van der Waals surface area contributed by atoms with E-state index in [1.54, 1.807) is 7.11 Å². The Balaban J connectivity index is 1.50. The summed E-state index contributed by atoms with van der Waals surface area (Å²) in [6.45, 7) is 7.01. The average molecular weight is 438 g/mol. The molecule has 9 heteroatoms. The van der Waals surface area contributed by atoms with Crippen LogP contribution < -0.4 is 19.7 Å². The Morgan fingerprint density at radius 3 is 2.63 bits per heavy atom. The number of aliphatic imine (C=N–C) groups is 1. The molecular weight excluding hydrogens is 402 g/mol. The number of guanidine groups is 1. The van der Waals surface area contributed by atoms with Crippen LogP contribution >= 0.6 is 0 Å². The van der Waals surface area contributed by atoms with Gasteiger partial charge in [0.05, 0.1) is 19.4 Å². The van der Waals surface area contributed by atoms with Gasteiger partial charge >= 0.3 is 0 Å². The summed E-state index contributed by atoms with van der Waals surface area (Å²) >= 11 is 0. The van der Waals surface area contributed by atoms with E-state index in [4.69, 9.17) is 4.74 Å². The fourth-order valence-electron chi connectivity index (χ4n) is 3.70. The smallest absolute Gasteiger partial charge is 0.213 e. The summed E-state index contributed by atoms with van der Waals surface area (Å²) in [5.41, 5.74) is 1.15. The van der Waals surface area contributed by atoms with Crippen molar-refractivity contribution < 1.29 is 13.2 Å². The van der Waals surface area contributed by atoms with Gasteiger partial charge in [0.2, 0.25) is 10.0 Å². The van der Waals surface area contributed by atoms with Crippen LogP contribution in [-0.2, 0) is 10.0 Å². The predicted octanol–water partition coefficient (Wildman–Crippen LogP) is 1.50. The van der Waals surface area contributed by atoms with Crippen molar-refractivity contribution >= 4 is 21.7 Å². The summed E-state index contributed by atoms with van der Waals surface area (Å²) in [7, 11) is -1.59. The maximum absolute atomic E-state index is 12.2. The summed E-state index contributed by atoms with van der Waals surface area (Å²) < 4.78 is 32.5. The lowest BCUT2D eigenvalue weighted by molar-refractivity contribution is 0.316. The topological polar surface area (TPSA) is 86.3 Å². The van der Waals surface area contributed by atoms with E-state index in [0.717, 1.165) is 63.0 Å². The molecule has 1 saturated heterocycles. The minimum Gasteiger partial charge on any atom is -0.497 e. The molecule has 0 atom stereocenters. The van der Waals surface area contributed by atoms with Gasteiger partial charge < -0.3 is 19.9 Å². The van der Waals surface area contributed by atoms with Gasteiger partial charge in [0.1, 0.15) is 5.75 Å². The zero-order valence-electron chi connectivity index (χ0n) is 18.1. The number of sulfonamides is 1. The Bertz CT molecular complexity index is 803. The zero-order chi connectivity index (χ0) is 21.4. The highest BCUT2D eigenvalue weighted by atomic mass is 32.2. The van der Waals surface area contributed by atoms with Crippen LogP contribution in [0, 0.1) is 5.92 Å². The van der Waals surface area contributed by atoms with Gasteiger partial charge in [-0.2, -0.15) is 0 Å². The molecule has 0 bridgehead atoms. The molecule has 0 aromatic heterocycles. The number of piperazine rings is 1. The molecule has 1 aliphatic heterocycles. The number of nitrogens with one attached hydrogen (secondary N) is 2. The van der Waals surface area contributed by atoms with E-state index in [2.05, 4.69) is 37.0 Å². The van der Waals surface area contributed by atoms with Crippen molar-refractivity contribution in [3.63, 3.8) is 0 Å². The van der Waals surface area contributed by atoms with Crippen molar-refractivity contribution in [1.29, 1.82) is 0 Å². The van der Waals surface area contributed by atoms with Crippen molar-refractivity contribution in [3.8, 4) is 5.75 Å². The van der Waals surface area contributed by atoms with Gasteiger partial charge in [0.15, 0.2) is 5.96 Å². The number of ether oxygens (including phenoxy) is 1. The van der Waals surface area contributed by atoms with Gasteiger partial charge in [-0.15, -0.1) is 0 Å². The first-order valence-corrected chi connectivity index (χ1v) is 12.6. The maximum atomic E-state index is 12.2. The lowest BCUT2D eigenvalue weighted by Gasteiger charge is -2.37. The van der Waals surface area contributed by atoms with Gasteiger partial charge in [-0.3, -0.25) is 4.99 Å². The summed E-state index contributed by atoms with van der Waals surface area (Å²) in [4.78, 5) is 9.12. The van der Waals surface area contributed by atoms with Gasteiger partial charge in [-0.05, 0) is 37.8 Å². The number of nitrogens with zero attached hydrogens (tertiary/aromatic N) is 3. The van der Waals surface area contributed by atoms with Crippen LogP contribution in [0.2, 0.25) is 0 Å². The molecule has 0 radical (unpaired) electrons. The van der Waals surface area contributed by atoms with E-state index in [-0.39, 0.29) is 12.3 Å². The monoisotopic (exact) mass is 437 g/mol. The molecule has 30 heavy (non-hydrogen) atoms. The average Bonchev–Trinajstić information content (AvgIpc) is 2.72. The van der Waals surface area contributed by atoms with E-state index in [1.807, 2.05) is 19.1 Å². The second kappa shape index (κ2) is 10.9. The Morgan fingerprint density at radius 2 is 2.00 bits per heavy atom. The summed E-state index contributed by atoms with van der Waals surface area (Å²) in [5, 5.41) is 3.30. The van der Waals surface area contributed by atoms with E-state index >= 15 is 0 Å². The van der Waals surface area contributed by atoms with E-state index in [9.17, 15) is 8.42 Å². The van der Waals surface area contributed by atoms with Crippen LogP contribution in [-0.4, -0.2) is 78.0 Å². The SMILES string of the molecule is CCNC(=NCCS(=O)(=O)NCC1CCC1)N1CCN(c2cccc(OC)c2)CC1. The highest BCUT2D eigenvalue weighted by Crippen LogP contribution is 2.25. The molecule has 1 saturated carbocycles. The van der Waals surface area contributed by atoms with Crippen molar-refractivity contribution in [2.75, 3.05) is 63.6 Å². The fourth-order valence-corrected chi connectivity index (χ4v) is 4.66. The van der Waals surface area contributed by atoms with Crippen LogP contribution in [0.25, 0.3) is 0 Å². The highest BCUT2D eigenvalue weighted by molar-refractivity contribution is 7.89. The Kier molecular flexibility index (Phi) is 8.21. The van der Waals surface area contributed by atoms with Crippen LogP contribution in [0.5, 0.6) is 5.75 Å². The molecule has 1 aromatic rings. The van der Waals surface area contributed by atoms with Crippen molar-refractivity contribution in [1.82, 2.24) is 14.9 Å². The number of hydrogen-bond acceptors (Lipinski definition) is 5. The minimum absolute atomic E-state index is 0.0262. The number of rotatable bonds is 9. The molecule has 2 fully saturated rings. The number of methoxy groups -OCH3 is 1. The first-order chi connectivity index (χ1) is 14.5. The second-order valence-corrected chi connectivity index (χ2v) is 9.80. The van der Waals surface area contributed by atoms with Gasteiger partial charge in [0.25, 0.3) is 0 Å². The third kappa shape index (κ3) is 6.50. The van der Waals surface area contributed by atoms with Crippen molar-refractivity contribution in [2.45, 2.75) is 26.2 Å². The van der Waals surface area contributed by atoms with Crippen molar-refractivity contribution in [2.24, 2.45) is 10.9 Å². The summed E-state index contributed by atoms with van der Waals surface area (Å²) in [5.74, 6) is 2.19. The minimum atomic E-state index is -3.27. The lowest BCUT2D eigenvalue weighted by Crippen LogP contribution is -2.52. The molecule has 0 amide bonds. The molecule has 1 heterocycles. The molecule has 3 rings (SSSR count). The van der Waals surface area contributed by atoms with Crippen LogP contribution in [0.15, 0.2) is 29.3 Å². The molecule has 1 aromatic carbocycles. The maximum Gasteiger partial charge on any atom is 0.213 e. The van der Waals surface area contributed by atoms with E-state index in [0.29, 0.717) is 12.5 Å². The molecule has 0 spiro atoms. The summed E-state index contributed by atoms with van der Waals surface area (Å²) in [6, 6.07) is 8.10. The quantitative estimate of drug-likeness (QED) is 0.450. The van der Waals surface area contributed by atoms with Crippen molar-refractivity contribution in [3.05, 3.63) is 24.3 Å². The number of anilines is 1. The molecule has 0 unspecified atom stereocenters. The third-order valence-electron chi connectivity index (χ3n) is 5.77. The lowest BCUT2D eigenvalue weighted by atomic mass is 9.86. The first-order valence-electron chi connectivity index (χ1n) is 10.9. The third-order valence-corrected chi connectivity index (χ3v) is 7.10. The van der Waals surface area contributed by atoms with Gasteiger partial charge in [-0.1, -0.05) is 12.5 Å². The van der Waals surface area contributed by atoms with E-state index < -0.39 is 10.0 Å². The predicted molar refractivity (Wildman–Crippen MR) is 122 cm³/mol. The van der Waals surface area contributed by atoms with Crippen LogP contribution in [0.3, 0.4) is 0 Å². The van der Waals surface area contributed by atoms with Crippen LogP contribution in [0.1, 0.15) is 26.2 Å². The summed E-state index contributed by atoms with van der Waals surface area (Å²) in [6.07, 6.45) is 3.48. The largest absolute Gasteiger partial charge is 0.497 e. The highest BCUT2D eigenvalue weighted by Gasteiger charge is 2.22. The Morgan fingerprint density at radius 1 is 1.23 bits per heavy atom. The fraction of sp³-hybridized carbons (Fsp3) is 0.667. The van der Waals surface area contributed by atoms with E-state index in [1.165, 1.54) is 6.42 Å². The second-order valence-electron chi connectivity index (χ2n) is 7.88. The molecule has 2 aliphatic rings. The van der Waals surface area contributed by atoms with Gasteiger partial charge in [0, 0.05) is 51.0 Å². The first kappa shape index (κ1) is 22.7. The Labute approximate surface area is 180 Å². The molecular formula is C21H35N5O3S. The van der Waals surface area contributed by atoms with Gasteiger partial charge in [-0.25, -0.2) is 13.1 Å². The normalized spacial score (nSPS) is 18.3. The molecule has 8 nitrogen and oxygen atoms in total. The Hall–Kier alpha value is -2.00. The standard InChI is InChI=1S/C21H35N5O3S/c1-3-22-21(23-10-15-30(27,28)24-17-18-6-4-7-18)26-13-11-25(12-14-26)19-8-5-9-20(16-19)29-2/h5,8-9,16,18,24H,3-4,6-7,10-15,17H2,1-2H3,(H,22,23). The molecule has 168 valence electrons. The molecule has 1 aliphatic carbocycles. The number of benzene rings is 1. The zero-order valence-corrected chi connectivity index (χ0v) is 19.0.